The molecule has 0 saturated carbocycles. The molecule has 0 spiro atoms. The second-order valence-electron chi connectivity index (χ2n) is 8.00. The zero-order valence-electron chi connectivity index (χ0n) is 19.4. The van der Waals surface area contributed by atoms with Crippen LogP contribution in [0.1, 0.15) is 12.3 Å². The van der Waals surface area contributed by atoms with E-state index >= 15 is 0 Å². The second-order valence-corrected chi connectivity index (χ2v) is 8.00. The summed E-state index contributed by atoms with van der Waals surface area (Å²) in [6, 6.07) is -0.276. The molecule has 1 fully saturated rings. The summed E-state index contributed by atoms with van der Waals surface area (Å²) in [5.41, 5.74) is -0.401. The molecule has 18 heteroatoms. The molecule has 3 rings (SSSR count). The first-order chi connectivity index (χ1) is 17.3. The highest BCUT2D eigenvalue weighted by atomic mass is 19.4. The summed E-state index contributed by atoms with van der Waals surface area (Å²) < 4.78 is 86.9. The number of anilines is 1. The quantitative estimate of drug-likeness (QED) is 0.235. The molecule has 0 aromatic carbocycles. The molecule has 1 atom stereocenters. The lowest BCUT2D eigenvalue weighted by Crippen LogP contribution is -2.49. The number of hydrogen-bond acceptors (Lipinski definition) is 11. The number of aromatic nitrogens is 2. The molecule has 2 aliphatic rings. The van der Waals surface area contributed by atoms with Crippen molar-refractivity contribution in [2.24, 2.45) is 5.10 Å². The predicted octanol–water partition coefficient (Wildman–Crippen LogP) is 0.819. The molecule has 0 aliphatic carbocycles. The maximum atomic E-state index is 13.0. The van der Waals surface area contributed by atoms with Gasteiger partial charge in [-0.25, -0.2) is 0 Å². The van der Waals surface area contributed by atoms with Gasteiger partial charge < -0.3 is 29.0 Å². The smallest absolute Gasteiger partial charge is 0.399 e. The van der Waals surface area contributed by atoms with Gasteiger partial charge in [0, 0.05) is 39.8 Å². The molecule has 1 aromatic rings. The van der Waals surface area contributed by atoms with Gasteiger partial charge in [0.2, 0.25) is 5.91 Å². The molecule has 3 N–H and O–H groups in total. The van der Waals surface area contributed by atoms with E-state index in [4.69, 9.17) is 10.1 Å². The Labute approximate surface area is 206 Å². The first-order valence-electron chi connectivity index (χ1n) is 10.9. The number of hydrazone groups is 1. The third-order valence-corrected chi connectivity index (χ3v) is 5.49. The molecular formula is C19H24F6N8O4. The van der Waals surface area contributed by atoms with E-state index in [9.17, 15) is 36.2 Å². The lowest BCUT2D eigenvalue weighted by molar-refractivity contribution is -0.157. The van der Waals surface area contributed by atoms with E-state index in [0.717, 1.165) is 6.21 Å². The van der Waals surface area contributed by atoms with Crippen LogP contribution >= 0.6 is 0 Å². The van der Waals surface area contributed by atoms with Crippen LogP contribution in [-0.4, -0.2) is 108 Å². The number of carbonyl (C=O) groups excluding carboxylic acids is 1. The van der Waals surface area contributed by atoms with Crippen LogP contribution in [0.25, 0.3) is 0 Å². The summed E-state index contributed by atoms with van der Waals surface area (Å²) in [6.45, 7) is 0.983. The van der Waals surface area contributed by atoms with E-state index in [1.807, 2.05) is 0 Å². The zero-order chi connectivity index (χ0) is 27.4. The van der Waals surface area contributed by atoms with Crippen molar-refractivity contribution >= 4 is 23.8 Å². The Morgan fingerprint density at radius 2 is 1.89 bits per heavy atom. The number of alkyl halides is 6. The summed E-state index contributed by atoms with van der Waals surface area (Å²) in [6.07, 6.45) is -10.4. The van der Waals surface area contributed by atoms with Crippen molar-refractivity contribution in [2.75, 3.05) is 57.9 Å². The van der Waals surface area contributed by atoms with Crippen LogP contribution < -0.4 is 10.3 Å². The van der Waals surface area contributed by atoms with Gasteiger partial charge in [0.15, 0.2) is 6.23 Å². The largest absolute Gasteiger partial charge is 0.470 e. The summed E-state index contributed by atoms with van der Waals surface area (Å²) in [5, 5.41) is 27.2. The number of likely N-dealkylation sites (N-methyl/N-ethyl adjacent to an activating group) is 1. The summed E-state index contributed by atoms with van der Waals surface area (Å²) in [4.78, 5) is 16.7. The molecular weight excluding hydrogens is 518 g/mol. The molecule has 0 radical (unpaired) electrons. The molecule has 1 unspecified atom stereocenters. The molecule has 1 aromatic heterocycles. The zero-order valence-corrected chi connectivity index (χ0v) is 19.4. The van der Waals surface area contributed by atoms with E-state index in [-0.39, 0.29) is 70.0 Å². The highest BCUT2D eigenvalue weighted by Gasteiger charge is 2.41. The maximum Gasteiger partial charge on any atom is 0.470 e. The number of aliphatic hydroxyl groups excluding tert-OH is 1. The van der Waals surface area contributed by atoms with Crippen LogP contribution in [0.15, 0.2) is 20.8 Å². The lowest BCUT2D eigenvalue weighted by atomic mass is 10.0. The molecule has 206 valence electrons. The molecule has 3 heterocycles. The first kappa shape index (κ1) is 28.2. The van der Waals surface area contributed by atoms with Crippen molar-refractivity contribution in [3.63, 3.8) is 0 Å². The van der Waals surface area contributed by atoms with E-state index in [1.54, 1.807) is 0 Å². The SMILES string of the molecule is CN(CCOCCC(=O)N1CCN(c2nnc(C(F)(F)F)o2)CC1)C1=C(C(=N)C(F)(F)F)C(O)NN=C1. The van der Waals surface area contributed by atoms with Crippen LogP contribution in [0.2, 0.25) is 0 Å². The molecule has 2 aliphatic heterocycles. The highest BCUT2D eigenvalue weighted by Crippen LogP contribution is 2.30. The van der Waals surface area contributed by atoms with Crippen molar-refractivity contribution in [3.8, 4) is 0 Å². The number of aliphatic hydroxyl groups is 1. The van der Waals surface area contributed by atoms with Gasteiger partial charge in [-0.1, -0.05) is 5.10 Å². The van der Waals surface area contributed by atoms with Crippen LogP contribution in [-0.2, 0) is 15.7 Å². The molecule has 0 bridgehead atoms. The van der Waals surface area contributed by atoms with Gasteiger partial charge in [-0.05, 0) is 0 Å². The Hall–Kier alpha value is -3.41. The number of hydrogen-bond donors (Lipinski definition) is 3. The van der Waals surface area contributed by atoms with Gasteiger partial charge in [0.25, 0.3) is 0 Å². The van der Waals surface area contributed by atoms with Crippen molar-refractivity contribution in [1.82, 2.24) is 25.4 Å². The average molecular weight is 542 g/mol. The van der Waals surface area contributed by atoms with Gasteiger partial charge in [-0.2, -0.15) is 31.4 Å². The minimum atomic E-state index is -4.96. The summed E-state index contributed by atoms with van der Waals surface area (Å²) in [5.74, 6) is -1.69. The molecule has 1 saturated heterocycles. The Bertz CT molecular complexity index is 1030. The van der Waals surface area contributed by atoms with Gasteiger partial charge in [-0.15, -0.1) is 5.10 Å². The normalized spacial score (nSPS) is 18.8. The summed E-state index contributed by atoms with van der Waals surface area (Å²) in [7, 11) is 1.44. The fourth-order valence-electron chi connectivity index (χ4n) is 3.51. The topological polar surface area (TPSA) is 143 Å². The van der Waals surface area contributed by atoms with E-state index in [2.05, 4.69) is 25.1 Å². The number of carbonyl (C=O) groups is 1. The van der Waals surface area contributed by atoms with Crippen molar-refractivity contribution < 1.29 is 45.4 Å². The number of amides is 1. The average Bonchev–Trinajstić information content (AvgIpc) is 3.33. The highest BCUT2D eigenvalue weighted by molar-refractivity contribution is 6.07. The predicted molar refractivity (Wildman–Crippen MR) is 115 cm³/mol. The minimum Gasteiger partial charge on any atom is -0.399 e. The number of nitrogens with zero attached hydrogens (tertiary/aromatic N) is 6. The number of piperazine rings is 1. The van der Waals surface area contributed by atoms with Gasteiger partial charge in [-0.3, -0.25) is 15.6 Å². The summed E-state index contributed by atoms with van der Waals surface area (Å²) >= 11 is 0. The number of ether oxygens (including phenoxy) is 1. The monoisotopic (exact) mass is 542 g/mol. The van der Waals surface area contributed by atoms with Crippen LogP contribution in [0.5, 0.6) is 0 Å². The Morgan fingerprint density at radius 3 is 2.49 bits per heavy atom. The van der Waals surface area contributed by atoms with E-state index < -0.39 is 35.8 Å². The van der Waals surface area contributed by atoms with Crippen LogP contribution in [0.4, 0.5) is 32.4 Å². The van der Waals surface area contributed by atoms with Crippen molar-refractivity contribution in [1.29, 1.82) is 5.41 Å². The minimum absolute atomic E-state index is 0.0131. The van der Waals surface area contributed by atoms with Crippen LogP contribution in [0, 0.1) is 5.41 Å². The van der Waals surface area contributed by atoms with Crippen molar-refractivity contribution in [2.45, 2.75) is 25.0 Å². The number of allylic oxidation sites excluding steroid dienone is 1. The van der Waals surface area contributed by atoms with E-state index in [1.165, 1.54) is 21.7 Å². The van der Waals surface area contributed by atoms with Gasteiger partial charge in [0.05, 0.1) is 37.1 Å². The number of rotatable bonds is 9. The maximum absolute atomic E-state index is 13.0. The van der Waals surface area contributed by atoms with Gasteiger partial charge in [0.1, 0.15) is 5.71 Å². The number of halogens is 6. The third kappa shape index (κ3) is 7.09. The second kappa shape index (κ2) is 11.3. The fraction of sp³-hybridized carbons (Fsp3) is 0.632. The standard InChI is InChI=1S/C19H24F6N8O4/c1-31(11-10-27-28-15(35)13(11)14(26)18(20,21)22)7-9-36-8-2-12(34)32-3-5-33(6-4-32)17-30-29-16(37-17)19(23,24)25/h10,15,26,28,35H,2-9H2,1H3. The first-order valence-corrected chi connectivity index (χ1v) is 10.9. The van der Waals surface area contributed by atoms with Crippen molar-refractivity contribution in [3.05, 3.63) is 17.2 Å². The van der Waals surface area contributed by atoms with E-state index in [0.29, 0.717) is 0 Å². The Balaban J connectivity index is 1.41. The third-order valence-electron chi connectivity index (χ3n) is 5.49. The van der Waals surface area contributed by atoms with Crippen LogP contribution in [0.3, 0.4) is 0 Å². The Morgan fingerprint density at radius 1 is 1.22 bits per heavy atom. The molecule has 37 heavy (non-hydrogen) atoms. The molecule has 12 nitrogen and oxygen atoms in total. The van der Waals surface area contributed by atoms with Gasteiger partial charge >= 0.3 is 24.3 Å². The fourth-order valence-corrected chi connectivity index (χ4v) is 3.51. The lowest BCUT2D eigenvalue weighted by Gasteiger charge is -2.33. The molecule has 1 amide bonds. The number of nitrogens with one attached hydrogen (secondary N) is 2. The Kier molecular flexibility index (Phi) is 8.62.